The highest BCUT2D eigenvalue weighted by molar-refractivity contribution is 5.94. The Labute approximate surface area is 95.0 Å². The highest BCUT2D eigenvalue weighted by Gasteiger charge is 2.29. The summed E-state index contributed by atoms with van der Waals surface area (Å²) >= 11 is 0. The Bertz CT molecular complexity index is 453. The van der Waals surface area contributed by atoms with Crippen molar-refractivity contribution in [2.24, 2.45) is 5.84 Å². The summed E-state index contributed by atoms with van der Waals surface area (Å²) in [4.78, 5) is 11.5. The lowest BCUT2D eigenvalue weighted by molar-refractivity contribution is 0.0953. The summed E-state index contributed by atoms with van der Waals surface area (Å²) in [5.74, 6) is 5.77. The number of hydrogen-bond acceptors (Lipinski definition) is 2. The van der Waals surface area contributed by atoms with E-state index in [4.69, 9.17) is 5.84 Å². The molecule has 0 heterocycles. The van der Waals surface area contributed by atoms with Gasteiger partial charge in [-0.25, -0.2) is 5.84 Å². The molecule has 0 aromatic heterocycles. The number of rotatable bonds is 1. The zero-order chi connectivity index (χ0) is 11.1. The molecule has 0 saturated carbocycles. The second-order valence-corrected chi connectivity index (χ2v) is 4.81. The van der Waals surface area contributed by atoms with E-state index in [1.54, 1.807) is 5.56 Å². The minimum absolute atomic E-state index is 0.173. The third kappa shape index (κ3) is 1.35. The van der Waals surface area contributed by atoms with Crippen LogP contribution >= 0.6 is 0 Å². The van der Waals surface area contributed by atoms with E-state index in [-0.39, 0.29) is 5.91 Å². The van der Waals surface area contributed by atoms with Crippen LogP contribution in [0.2, 0.25) is 0 Å². The van der Waals surface area contributed by atoms with Gasteiger partial charge in [0.1, 0.15) is 0 Å². The van der Waals surface area contributed by atoms with Crippen LogP contribution in [-0.2, 0) is 12.8 Å². The number of carbonyl (C=O) groups is 1. The number of nitrogen functional groups attached to an aromatic ring is 1. The Hall–Kier alpha value is -1.35. The third-order valence-electron chi connectivity index (χ3n) is 3.91. The largest absolute Gasteiger partial charge is 0.290 e. The predicted molar refractivity (Wildman–Crippen MR) is 62.1 cm³/mol. The molecule has 0 bridgehead atoms. The molecule has 3 N–H and O–H groups in total. The van der Waals surface area contributed by atoms with Crippen molar-refractivity contribution in [1.29, 1.82) is 0 Å². The van der Waals surface area contributed by atoms with Crippen LogP contribution < -0.4 is 11.3 Å². The molecule has 16 heavy (non-hydrogen) atoms. The topological polar surface area (TPSA) is 55.1 Å². The normalized spacial score (nSPS) is 21.7. The maximum absolute atomic E-state index is 11.5. The highest BCUT2D eigenvalue weighted by Crippen LogP contribution is 2.42. The first-order valence-electron chi connectivity index (χ1n) is 5.96. The van der Waals surface area contributed by atoms with Crippen molar-refractivity contribution < 1.29 is 4.79 Å². The average Bonchev–Trinajstić information content (AvgIpc) is 2.73. The first-order valence-corrected chi connectivity index (χ1v) is 5.96. The van der Waals surface area contributed by atoms with Gasteiger partial charge in [-0.15, -0.1) is 0 Å². The first kappa shape index (κ1) is 9.85. The number of carbonyl (C=O) groups excluding carboxylic acids is 1. The SMILES string of the molecule is NNC(=O)c1cc2c3c(c1)CCC3CCC2. The average molecular weight is 216 g/mol. The Balaban J connectivity index is 2.11. The van der Waals surface area contributed by atoms with Crippen molar-refractivity contribution >= 4 is 5.91 Å². The summed E-state index contributed by atoms with van der Waals surface area (Å²) in [5, 5.41) is 0. The van der Waals surface area contributed by atoms with Crippen molar-refractivity contribution in [3.05, 3.63) is 34.4 Å². The molecular weight excluding hydrogens is 200 g/mol. The van der Waals surface area contributed by atoms with Crippen LogP contribution in [0, 0.1) is 0 Å². The maximum Gasteiger partial charge on any atom is 0.265 e. The summed E-state index contributed by atoms with van der Waals surface area (Å²) in [6.45, 7) is 0. The van der Waals surface area contributed by atoms with Crippen LogP contribution in [0.25, 0.3) is 0 Å². The van der Waals surface area contributed by atoms with E-state index in [1.807, 2.05) is 12.1 Å². The van der Waals surface area contributed by atoms with Gasteiger partial charge in [-0.1, -0.05) is 0 Å². The van der Waals surface area contributed by atoms with Crippen molar-refractivity contribution in [2.45, 2.75) is 38.0 Å². The molecule has 0 saturated heterocycles. The first-order chi connectivity index (χ1) is 7.79. The number of nitrogens with two attached hydrogens (primary N) is 1. The number of aryl methyl sites for hydroxylation is 2. The second-order valence-electron chi connectivity index (χ2n) is 4.81. The van der Waals surface area contributed by atoms with Gasteiger partial charge >= 0.3 is 0 Å². The van der Waals surface area contributed by atoms with E-state index >= 15 is 0 Å². The van der Waals surface area contributed by atoms with Gasteiger partial charge in [0, 0.05) is 5.56 Å². The fraction of sp³-hybridized carbons (Fsp3) is 0.462. The zero-order valence-electron chi connectivity index (χ0n) is 9.25. The molecule has 1 aromatic carbocycles. The quantitative estimate of drug-likeness (QED) is 0.426. The van der Waals surface area contributed by atoms with Crippen LogP contribution in [0.4, 0.5) is 0 Å². The molecule has 0 radical (unpaired) electrons. The molecule has 3 heteroatoms. The molecule has 0 fully saturated rings. The van der Waals surface area contributed by atoms with Crippen molar-refractivity contribution in [3.63, 3.8) is 0 Å². The highest BCUT2D eigenvalue weighted by atomic mass is 16.2. The van der Waals surface area contributed by atoms with Crippen LogP contribution in [0.5, 0.6) is 0 Å². The minimum Gasteiger partial charge on any atom is -0.290 e. The van der Waals surface area contributed by atoms with E-state index in [9.17, 15) is 4.79 Å². The second kappa shape index (κ2) is 3.59. The smallest absolute Gasteiger partial charge is 0.265 e. The van der Waals surface area contributed by atoms with E-state index in [2.05, 4.69) is 5.43 Å². The Morgan fingerprint density at radius 2 is 2.00 bits per heavy atom. The van der Waals surface area contributed by atoms with Crippen molar-refractivity contribution in [1.82, 2.24) is 5.43 Å². The summed E-state index contributed by atoms with van der Waals surface area (Å²) < 4.78 is 0. The van der Waals surface area contributed by atoms with Gasteiger partial charge in [-0.2, -0.15) is 0 Å². The number of hydrazine groups is 1. The van der Waals surface area contributed by atoms with Gasteiger partial charge in [-0.05, 0) is 66.8 Å². The van der Waals surface area contributed by atoms with Crippen LogP contribution in [-0.4, -0.2) is 5.91 Å². The summed E-state index contributed by atoms with van der Waals surface area (Å²) in [6, 6.07) is 4.05. The standard InChI is InChI=1S/C13H16N2O/c14-15-13(16)11-6-9-3-1-2-8-4-5-10(7-11)12(8)9/h6-8H,1-5,14H2,(H,15,16). The molecule has 1 unspecified atom stereocenters. The number of benzene rings is 1. The Morgan fingerprint density at radius 1 is 1.25 bits per heavy atom. The number of amides is 1. The Morgan fingerprint density at radius 3 is 2.75 bits per heavy atom. The molecule has 1 aromatic rings. The van der Waals surface area contributed by atoms with Gasteiger partial charge < -0.3 is 0 Å². The summed E-state index contributed by atoms with van der Waals surface area (Å²) in [7, 11) is 0. The lowest BCUT2D eigenvalue weighted by atomic mass is 9.83. The summed E-state index contributed by atoms with van der Waals surface area (Å²) in [6.07, 6.45) is 6.08. The molecule has 0 aliphatic heterocycles. The molecule has 1 amide bonds. The van der Waals surface area contributed by atoms with E-state index in [0.717, 1.165) is 24.3 Å². The van der Waals surface area contributed by atoms with Crippen LogP contribution in [0.3, 0.4) is 0 Å². The number of hydrogen-bond donors (Lipinski definition) is 2. The lowest BCUT2D eigenvalue weighted by Crippen LogP contribution is -2.30. The van der Waals surface area contributed by atoms with Gasteiger partial charge in [0.2, 0.25) is 0 Å². The fourth-order valence-electron chi connectivity index (χ4n) is 3.23. The lowest BCUT2D eigenvalue weighted by Gasteiger charge is -2.22. The van der Waals surface area contributed by atoms with Gasteiger partial charge in [0.15, 0.2) is 0 Å². The molecular formula is C13H16N2O. The van der Waals surface area contributed by atoms with E-state index < -0.39 is 0 Å². The third-order valence-corrected chi connectivity index (χ3v) is 3.91. The molecule has 84 valence electrons. The number of nitrogens with one attached hydrogen (secondary N) is 1. The van der Waals surface area contributed by atoms with Crippen LogP contribution in [0.1, 0.15) is 52.2 Å². The predicted octanol–water partition coefficient (Wildman–Crippen LogP) is 1.66. The van der Waals surface area contributed by atoms with Crippen molar-refractivity contribution in [3.8, 4) is 0 Å². The van der Waals surface area contributed by atoms with Crippen LogP contribution in [0.15, 0.2) is 12.1 Å². The minimum atomic E-state index is -0.173. The maximum atomic E-state index is 11.5. The van der Waals surface area contributed by atoms with Crippen molar-refractivity contribution in [2.75, 3.05) is 0 Å². The zero-order valence-corrected chi connectivity index (χ0v) is 9.25. The fourth-order valence-corrected chi connectivity index (χ4v) is 3.23. The monoisotopic (exact) mass is 216 g/mol. The molecule has 1 atom stereocenters. The molecule has 2 aliphatic rings. The van der Waals surface area contributed by atoms with Gasteiger partial charge in [0.25, 0.3) is 5.91 Å². The molecule has 2 aliphatic carbocycles. The van der Waals surface area contributed by atoms with E-state index in [1.165, 1.54) is 30.4 Å². The molecule has 3 rings (SSSR count). The van der Waals surface area contributed by atoms with Gasteiger partial charge in [-0.3, -0.25) is 10.2 Å². The Kier molecular flexibility index (Phi) is 2.21. The molecule has 0 spiro atoms. The summed E-state index contributed by atoms with van der Waals surface area (Å²) in [5.41, 5.74) is 7.23. The molecule has 3 nitrogen and oxygen atoms in total. The van der Waals surface area contributed by atoms with E-state index in [0.29, 0.717) is 0 Å². The van der Waals surface area contributed by atoms with Gasteiger partial charge in [0.05, 0.1) is 0 Å².